The van der Waals surface area contributed by atoms with Gasteiger partial charge >= 0.3 is 0 Å². The van der Waals surface area contributed by atoms with Crippen LogP contribution in [-0.4, -0.2) is 13.4 Å². The molecular weight excluding hydrogens is 352 g/mol. The summed E-state index contributed by atoms with van der Waals surface area (Å²) in [4.78, 5) is 13.0. The van der Waals surface area contributed by atoms with Crippen LogP contribution in [0.25, 0.3) is 22.1 Å². The number of benzene rings is 2. The molecule has 0 saturated heterocycles. The molecule has 2 aromatic carbocycles. The summed E-state index contributed by atoms with van der Waals surface area (Å²) in [5, 5.41) is 2.05. The molecule has 3 heteroatoms. The third-order valence-electron chi connectivity index (χ3n) is 4.54. The zero-order valence-electron chi connectivity index (χ0n) is 16.2. The number of aldehydes is 1. The Hall–Kier alpha value is -2.65. The molecule has 0 aliphatic heterocycles. The van der Waals surface area contributed by atoms with Gasteiger partial charge in [-0.05, 0) is 57.8 Å². The normalized spacial score (nSPS) is 12.1. The maximum absolute atomic E-state index is 11.9. The third kappa shape index (κ3) is 4.37. The van der Waals surface area contributed by atoms with Gasteiger partial charge in [-0.1, -0.05) is 51.1 Å². The number of methoxy groups -OCH3 is 1. The Morgan fingerprint density at radius 2 is 1.78 bits per heavy atom. The van der Waals surface area contributed by atoms with Crippen molar-refractivity contribution in [1.29, 1.82) is 0 Å². The van der Waals surface area contributed by atoms with Crippen LogP contribution in [0.15, 0.2) is 60.0 Å². The van der Waals surface area contributed by atoms with Crippen LogP contribution in [0.5, 0.6) is 5.75 Å². The maximum atomic E-state index is 11.9. The van der Waals surface area contributed by atoms with Crippen LogP contribution in [0.1, 0.15) is 37.5 Å². The molecule has 3 rings (SSSR count). The summed E-state index contributed by atoms with van der Waals surface area (Å²) in [7, 11) is 1.63. The van der Waals surface area contributed by atoms with E-state index in [2.05, 4.69) is 51.1 Å². The van der Waals surface area contributed by atoms with E-state index in [0.717, 1.165) is 23.0 Å². The third-order valence-corrected chi connectivity index (χ3v) is 5.46. The van der Waals surface area contributed by atoms with Gasteiger partial charge < -0.3 is 4.74 Å². The Balaban J connectivity index is 2.03. The van der Waals surface area contributed by atoms with Gasteiger partial charge in [0.25, 0.3) is 0 Å². The predicted molar refractivity (Wildman–Crippen MR) is 115 cm³/mol. The summed E-state index contributed by atoms with van der Waals surface area (Å²) < 4.78 is 5.51. The van der Waals surface area contributed by atoms with Crippen molar-refractivity contribution in [2.45, 2.75) is 26.2 Å². The first kappa shape index (κ1) is 19.1. The molecule has 0 unspecified atom stereocenters. The molecule has 0 N–H and O–H groups in total. The molecule has 0 spiro atoms. The topological polar surface area (TPSA) is 26.3 Å². The first-order valence-electron chi connectivity index (χ1n) is 8.92. The van der Waals surface area contributed by atoms with Crippen molar-refractivity contribution >= 4 is 29.3 Å². The van der Waals surface area contributed by atoms with Crippen molar-refractivity contribution < 1.29 is 9.53 Å². The molecule has 1 heterocycles. The maximum Gasteiger partial charge on any atom is 0.150 e. The van der Waals surface area contributed by atoms with Crippen LogP contribution in [0.3, 0.4) is 0 Å². The molecule has 1 aromatic heterocycles. The predicted octanol–water partition coefficient (Wildman–Crippen LogP) is 6.46. The highest BCUT2D eigenvalue weighted by molar-refractivity contribution is 7.13. The van der Waals surface area contributed by atoms with Gasteiger partial charge in [-0.2, -0.15) is 0 Å². The van der Waals surface area contributed by atoms with E-state index in [1.165, 1.54) is 10.4 Å². The van der Waals surface area contributed by atoms with Gasteiger partial charge in [-0.15, -0.1) is 11.3 Å². The molecule has 0 atom stereocenters. The molecule has 27 heavy (non-hydrogen) atoms. The summed E-state index contributed by atoms with van der Waals surface area (Å²) in [6.45, 7) is 6.57. The van der Waals surface area contributed by atoms with Crippen LogP contribution in [0, 0.1) is 0 Å². The average Bonchev–Trinajstić information content (AvgIpc) is 3.20. The number of ether oxygens (including phenoxy) is 1. The molecule has 0 fully saturated rings. The molecule has 0 saturated carbocycles. The Kier molecular flexibility index (Phi) is 5.62. The van der Waals surface area contributed by atoms with Gasteiger partial charge in [0.2, 0.25) is 0 Å². The van der Waals surface area contributed by atoms with Crippen molar-refractivity contribution in [3.8, 4) is 16.2 Å². The lowest BCUT2D eigenvalue weighted by atomic mass is 9.86. The summed E-state index contributed by atoms with van der Waals surface area (Å²) in [6.07, 6.45) is 2.81. The second-order valence-electron chi connectivity index (χ2n) is 7.48. The lowest BCUT2D eigenvalue weighted by Crippen LogP contribution is -2.10. The summed E-state index contributed by atoms with van der Waals surface area (Å²) >= 11 is 1.68. The summed E-state index contributed by atoms with van der Waals surface area (Å²) in [5.41, 5.74) is 4.86. The van der Waals surface area contributed by atoms with E-state index in [9.17, 15) is 4.79 Å². The number of hydrogen-bond donors (Lipinski definition) is 0. The number of allylic oxidation sites excluding steroid dienone is 1. The minimum Gasteiger partial charge on any atom is -0.496 e. The molecule has 0 aliphatic rings. The first-order chi connectivity index (χ1) is 12.9. The highest BCUT2D eigenvalue weighted by Gasteiger charge is 2.14. The Labute approximate surface area is 165 Å². The second kappa shape index (κ2) is 7.93. The number of carbonyl (C=O) groups excluding carboxylic acids is 1. The quantitative estimate of drug-likeness (QED) is 0.290. The van der Waals surface area contributed by atoms with Gasteiger partial charge in [-0.25, -0.2) is 0 Å². The number of carbonyl (C=O) groups is 1. The fourth-order valence-electron chi connectivity index (χ4n) is 2.96. The van der Waals surface area contributed by atoms with Gasteiger partial charge in [0, 0.05) is 16.0 Å². The molecule has 138 valence electrons. The van der Waals surface area contributed by atoms with E-state index in [0.29, 0.717) is 11.3 Å². The van der Waals surface area contributed by atoms with Crippen molar-refractivity contribution in [2.75, 3.05) is 7.11 Å². The van der Waals surface area contributed by atoms with E-state index in [1.807, 2.05) is 35.7 Å². The summed E-state index contributed by atoms with van der Waals surface area (Å²) in [5.74, 6) is 0.694. The minimum atomic E-state index is 0.105. The molecule has 3 aromatic rings. The van der Waals surface area contributed by atoms with E-state index >= 15 is 0 Å². The van der Waals surface area contributed by atoms with Crippen LogP contribution >= 0.6 is 11.3 Å². The fourth-order valence-corrected chi connectivity index (χ4v) is 3.69. The zero-order valence-corrected chi connectivity index (χ0v) is 17.0. The van der Waals surface area contributed by atoms with Crippen LogP contribution < -0.4 is 4.74 Å². The van der Waals surface area contributed by atoms with E-state index < -0.39 is 0 Å². The largest absolute Gasteiger partial charge is 0.496 e. The fraction of sp³-hybridized carbons (Fsp3) is 0.208. The van der Waals surface area contributed by atoms with Crippen molar-refractivity contribution in [3.63, 3.8) is 0 Å². The van der Waals surface area contributed by atoms with Crippen molar-refractivity contribution in [2.24, 2.45) is 0 Å². The van der Waals surface area contributed by atoms with Gasteiger partial charge in [0.05, 0.1) is 7.11 Å². The molecule has 0 amide bonds. The van der Waals surface area contributed by atoms with E-state index in [-0.39, 0.29) is 5.41 Å². The highest BCUT2D eigenvalue weighted by Crippen LogP contribution is 2.33. The molecule has 0 aliphatic carbocycles. The molecule has 2 nitrogen and oxygen atoms in total. The lowest BCUT2D eigenvalue weighted by Gasteiger charge is -2.18. The number of hydrogen-bond acceptors (Lipinski definition) is 3. The average molecular weight is 377 g/mol. The molecule has 0 radical (unpaired) electrons. The van der Waals surface area contributed by atoms with Gasteiger partial charge in [0.1, 0.15) is 5.75 Å². The van der Waals surface area contributed by atoms with E-state index in [1.54, 1.807) is 18.4 Å². The van der Waals surface area contributed by atoms with Gasteiger partial charge in [0.15, 0.2) is 6.29 Å². The standard InChI is InChI=1S/C24H24O2S/c1-24(2,3)20-10-7-17(8-11-20)14-19(16-25)21-15-18(9-12-22(21)26-4)23-6-5-13-27-23/h5-16H,1-4H3/b19-14-. The van der Waals surface area contributed by atoms with Crippen molar-refractivity contribution in [3.05, 3.63) is 76.7 Å². The first-order valence-corrected chi connectivity index (χ1v) is 9.80. The highest BCUT2D eigenvalue weighted by atomic mass is 32.1. The Bertz CT molecular complexity index is 943. The smallest absolute Gasteiger partial charge is 0.150 e. The SMILES string of the molecule is COc1ccc(-c2cccs2)cc1/C(C=O)=C\c1ccc(C(C)(C)C)cc1. The number of thiophene rings is 1. The second-order valence-corrected chi connectivity index (χ2v) is 8.43. The van der Waals surface area contributed by atoms with Crippen LogP contribution in [-0.2, 0) is 10.2 Å². The van der Waals surface area contributed by atoms with E-state index in [4.69, 9.17) is 4.74 Å². The Morgan fingerprint density at radius 1 is 1.04 bits per heavy atom. The minimum absolute atomic E-state index is 0.105. The lowest BCUT2D eigenvalue weighted by molar-refractivity contribution is -0.103. The summed E-state index contributed by atoms with van der Waals surface area (Å²) in [6, 6.07) is 18.4. The van der Waals surface area contributed by atoms with Gasteiger partial charge in [-0.3, -0.25) is 4.79 Å². The number of rotatable bonds is 5. The Morgan fingerprint density at radius 3 is 2.33 bits per heavy atom. The molecule has 0 bridgehead atoms. The monoisotopic (exact) mass is 376 g/mol. The molecular formula is C24H24O2S. The van der Waals surface area contributed by atoms with Crippen LogP contribution in [0.2, 0.25) is 0 Å². The zero-order chi connectivity index (χ0) is 19.4. The van der Waals surface area contributed by atoms with Crippen molar-refractivity contribution in [1.82, 2.24) is 0 Å². The van der Waals surface area contributed by atoms with Crippen LogP contribution in [0.4, 0.5) is 0 Å².